The summed E-state index contributed by atoms with van der Waals surface area (Å²) in [5, 5.41) is 0. The molecular weight excluding hydrogens is 243 g/mol. The van der Waals surface area contributed by atoms with Gasteiger partial charge in [-0.15, -0.1) is 13.2 Å². The lowest BCUT2D eigenvalue weighted by Gasteiger charge is -2.08. The first-order chi connectivity index (χ1) is 8.53. The summed E-state index contributed by atoms with van der Waals surface area (Å²) >= 11 is 0. The number of nitrogens with zero attached hydrogens (tertiary/aromatic N) is 1. The quantitative estimate of drug-likeness (QED) is 0.767. The Bertz CT molecular complexity index is 494. The highest BCUT2D eigenvalue weighted by Gasteiger charge is 2.30. The summed E-state index contributed by atoms with van der Waals surface area (Å²) in [4.78, 5) is 0. The minimum Gasteiger partial charge on any atom is -0.406 e. The normalized spacial score (nSPS) is 11.3. The van der Waals surface area contributed by atoms with Gasteiger partial charge in [0.2, 0.25) is 0 Å². The maximum Gasteiger partial charge on any atom is 0.573 e. The summed E-state index contributed by atoms with van der Waals surface area (Å²) in [6.07, 6.45) is -0.865. The molecule has 0 spiro atoms. The molecule has 0 saturated carbocycles. The molecule has 18 heavy (non-hydrogen) atoms. The van der Waals surface area contributed by atoms with E-state index < -0.39 is 6.36 Å². The van der Waals surface area contributed by atoms with Crippen LogP contribution in [0.1, 0.15) is 5.56 Å². The predicted octanol–water partition coefficient (Wildman–Crippen LogP) is 2.92. The molecule has 0 N–H and O–H groups in total. The number of aromatic nitrogens is 1. The summed E-state index contributed by atoms with van der Waals surface area (Å²) in [6.45, 7) is 0.604. The number of hydrogen-bond donors (Lipinski definition) is 0. The van der Waals surface area contributed by atoms with Crippen molar-refractivity contribution in [3.8, 4) is 5.75 Å². The van der Waals surface area contributed by atoms with Gasteiger partial charge in [0.1, 0.15) is 5.75 Å². The van der Waals surface area contributed by atoms with Crippen LogP contribution in [0.2, 0.25) is 0 Å². The van der Waals surface area contributed by atoms with Gasteiger partial charge in [-0.3, -0.25) is 0 Å². The minimum absolute atomic E-state index is 0.204. The molecule has 2 nitrogen and oxygen atoms in total. The summed E-state index contributed by atoms with van der Waals surface area (Å²) in [7, 11) is 0. The first-order valence-electron chi connectivity index (χ1n) is 5.32. The summed E-state index contributed by atoms with van der Waals surface area (Å²) in [5.74, 6) is -0.204. The highest BCUT2D eigenvalue weighted by Crippen LogP contribution is 2.22. The van der Waals surface area contributed by atoms with Crippen LogP contribution in [0.4, 0.5) is 13.2 Å². The lowest BCUT2D eigenvalue weighted by Crippen LogP contribution is -2.32. The fraction of sp³-hybridized carbons (Fsp3) is 0.154. The fourth-order valence-electron chi connectivity index (χ4n) is 1.55. The van der Waals surface area contributed by atoms with Gasteiger partial charge in [0.05, 0.1) is 0 Å². The second-order valence-electron chi connectivity index (χ2n) is 3.74. The number of benzene rings is 1. The number of rotatable bonds is 3. The molecule has 0 aliphatic carbocycles. The average molecular weight is 254 g/mol. The molecule has 2 aromatic rings. The Labute approximate surface area is 102 Å². The van der Waals surface area contributed by atoms with Crippen molar-refractivity contribution in [3.63, 3.8) is 0 Å². The van der Waals surface area contributed by atoms with Crippen molar-refractivity contribution in [1.29, 1.82) is 0 Å². The van der Waals surface area contributed by atoms with E-state index in [1.807, 2.05) is 35.2 Å². The molecule has 5 heteroatoms. The van der Waals surface area contributed by atoms with E-state index in [0.717, 1.165) is 5.56 Å². The first-order valence-corrected chi connectivity index (χ1v) is 5.32. The van der Waals surface area contributed by atoms with E-state index in [1.54, 1.807) is 12.1 Å². The molecule has 0 aliphatic rings. The molecule has 1 aromatic heterocycles. The van der Waals surface area contributed by atoms with Crippen LogP contribution >= 0.6 is 0 Å². The van der Waals surface area contributed by atoms with Crippen LogP contribution in [0.3, 0.4) is 0 Å². The third kappa shape index (κ3) is 3.76. The van der Waals surface area contributed by atoms with Crippen LogP contribution in [-0.4, -0.2) is 6.36 Å². The molecule has 0 unspecified atom stereocenters. The van der Waals surface area contributed by atoms with E-state index in [9.17, 15) is 13.2 Å². The molecule has 94 valence electrons. The highest BCUT2D eigenvalue weighted by molar-refractivity contribution is 5.26. The highest BCUT2D eigenvalue weighted by atomic mass is 19.4. The molecule has 0 amide bonds. The largest absolute Gasteiger partial charge is 0.573 e. The number of ether oxygens (including phenoxy) is 1. The van der Waals surface area contributed by atoms with Crippen LogP contribution < -0.4 is 9.30 Å². The van der Waals surface area contributed by atoms with Crippen molar-refractivity contribution in [2.75, 3.05) is 0 Å². The molecule has 1 heterocycles. The molecule has 0 fully saturated rings. The van der Waals surface area contributed by atoms with Crippen molar-refractivity contribution >= 4 is 0 Å². The van der Waals surface area contributed by atoms with Gasteiger partial charge in [-0.25, -0.2) is 4.57 Å². The van der Waals surface area contributed by atoms with E-state index >= 15 is 0 Å². The van der Waals surface area contributed by atoms with Crippen LogP contribution in [-0.2, 0) is 6.54 Å². The van der Waals surface area contributed by atoms with Gasteiger partial charge < -0.3 is 4.74 Å². The fourth-order valence-corrected chi connectivity index (χ4v) is 1.55. The van der Waals surface area contributed by atoms with Gasteiger partial charge in [0.25, 0.3) is 0 Å². The van der Waals surface area contributed by atoms with Crippen molar-refractivity contribution in [1.82, 2.24) is 0 Å². The van der Waals surface area contributed by atoms with Crippen LogP contribution in [0.25, 0.3) is 0 Å². The number of halogens is 3. The van der Waals surface area contributed by atoms with Gasteiger partial charge in [-0.2, -0.15) is 0 Å². The number of hydrogen-bond acceptors (Lipinski definition) is 1. The summed E-state index contributed by atoms with van der Waals surface area (Å²) in [6, 6.07) is 11.5. The molecule has 0 radical (unpaired) electrons. The van der Waals surface area contributed by atoms with E-state index in [2.05, 4.69) is 4.74 Å². The zero-order valence-corrected chi connectivity index (χ0v) is 9.39. The smallest absolute Gasteiger partial charge is 0.406 e. The minimum atomic E-state index is -4.64. The van der Waals surface area contributed by atoms with E-state index in [4.69, 9.17) is 0 Å². The first kappa shape index (κ1) is 12.4. The zero-order valence-electron chi connectivity index (χ0n) is 9.39. The van der Waals surface area contributed by atoms with E-state index in [0.29, 0.717) is 6.54 Å². The molecule has 2 rings (SSSR count). The van der Waals surface area contributed by atoms with Gasteiger partial charge >= 0.3 is 6.36 Å². The average Bonchev–Trinajstić information content (AvgIpc) is 2.31. The SMILES string of the molecule is FC(F)(F)Oc1ccc(C[n+]2ccccc2)cc1. The van der Waals surface area contributed by atoms with Crippen molar-refractivity contribution in [2.45, 2.75) is 12.9 Å². The Kier molecular flexibility index (Phi) is 3.50. The molecule has 0 aliphatic heterocycles. The topological polar surface area (TPSA) is 13.1 Å². The summed E-state index contributed by atoms with van der Waals surface area (Å²) in [5.41, 5.74) is 0.903. The van der Waals surface area contributed by atoms with Gasteiger partial charge in [-0.1, -0.05) is 6.07 Å². The Morgan fingerprint density at radius 3 is 2.11 bits per heavy atom. The lowest BCUT2D eigenvalue weighted by atomic mass is 10.2. The predicted molar refractivity (Wildman–Crippen MR) is 58.9 cm³/mol. The number of pyridine rings is 1. The Morgan fingerprint density at radius 1 is 0.944 bits per heavy atom. The van der Waals surface area contributed by atoms with E-state index in [1.165, 1.54) is 12.1 Å². The Hall–Kier alpha value is -2.04. The summed E-state index contributed by atoms with van der Waals surface area (Å²) < 4.78 is 41.6. The van der Waals surface area contributed by atoms with Crippen molar-refractivity contribution in [2.24, 2.45) is 0 Å². The van der Waals surface area contributed by atoms with Crippen LogP contribution in [0.5, 0.6) is 5.75 Å². The van der Waals surface area contributed by atoms with Crippen molar-refractivity contribution in [3.05, 3.63) is 60.4 Å². The number of alkyl halides is 3. The maximum absolute atomic E-state index is 12.0. The third-order valence-corrected chi connectivity index (χ3v) is 2.30. The van der Waals surface area contributed by atoms with Crippen molar-refractivity contribution < 1.29 is 22.5 Å². The van der Waals surface area contributed by atoms with Gasteiger partial charge in [0, 0.05) is 17.7 Å². The molecule has 0 saturated heterocycles. The maximum atomic E-state index is 12.0. The standard InChI is InChI=1S/C13H11F3NO/c14-13(15,16)18-12-6-4-11(5-7-12)10-17-8-2-1-3-9-17/h1-9H,10H2/q+1. The van der Waals surface area contributed by atoms with Crippen LogP contribution in [0.15, 0.2) is 54.9 Å². The molecule has 0 bridgehead atoms. The third-order valence-electron chi connectivity index (χ3n) is 2.30. The van der Waals surface area contributed by atoms with E-state index in [-0.39, 0.29) is 5.75 Å². The second kappa shape index (κ2) is 5.08. The van der Waals surface area contributed by atoms with Gasteiger partial charge in [-0.05, 0) is 24.3 Å². The van der Waals surface area contributed by atoms with Gasteiger partial charge in [0.15, 0.2) is 18.9 Å². The second-order valence-corrected chi connectivity index (χ2v) is 3.74. The Morgan fingerprint density at radius 2 is 1.56 bits per heavy atom. The lowest BCUT2D eigenvalue weighted by molar-refractivity contribution is -0.688. The van der Waals surface area contributed by atoms with Crippen LogP contribution in [0, 0.1) is 0 Å². The molecule has 0 atom stereocenters. The molecule has 1 aromatic carbocycles. The molecular formula is C13H11F3NO+. The monoisotopic (exact) mass is 254 g/mol. The Balaban J connectivity index is 2.04. The zero-order chi connectivity index (χ0) is 13.0.